The molecule has 0 radical (unpaired) electrons. The molecular formula is C28H36O6Si. The maximum atomic E-state index is 13.1. The van der Waals surface area contributed by atoms with Gasteiger partial charge in [0.15, 0.2) is 14.4 Å². The average molecular weight is 497 g/mol. The van der Waals surface area contributed by atoms with Gasteiger partial charge in [-0.05, 0) is 73.6 Å². The standard InChI is InChI=1S/C28H36O6Si/c1-20(32-23-17-15-22(30-5)16-18-23)25(34-35(6,7)28(2,3)4)26(24-14-11-19-31-24)33-27(29)21-12-9-8-10-13-21/h8-20,25-26H,1-7H3/t20-,25-,26+/m1/s1. The largest absolute Gasteiger partial charge is 0.497 e. The van der Waals surface area contributed by atoms with Crippen LogP contribution in [0.1, 0.15) is 49.9 Å². The van der Waals surface area contributed by atoms with Crippen LogP contribution in [0.2, 0.25) is 18.1 Å². The minimum Gasteiger partial charge on any atom is -0.497 e. The number of rotatable bonds is 10. The second-order valence-corrected chi connectivity index (χ2v) is 14.8. The number of esters is 1. The Kier molecular flexibility index (Phi) is 8.46. The molecule has 1 aromatic heterocycles. The van der Waals surface area contributed by atoms with E-state index >= 15 is 0 Å². The van der Waals surface area contributed by atoms with Crippen LogP contribution >= 0.6 is 0 Å². The molecular weight excluding hydrogens is 460 g/mol. The highest BCUT2D eigenvalue weighted by Crippen LogP contribution is 2.41. The highest BCUT2D eigenvalue weighted by Gasteiger charge is 2.45. The van der Waals surface area contributed by atoms with E-state index in [1.54, 1.807) is 49.8 Å². The second-order valence-electron chi connectivity index (χ2n) is 10.0. The number of carbonyl (C=O) groups is 1. The molecule has 0 fully saturated rings. The number of hydrogen-bond donors (Lipinski definition) is 0. The van der Waals surface area contributed by atoms with Crippen molar-refractivity contribution < 1.29 is 27.8 Å². The molecule has 0 unspecified atom stereocenters. The zero-order chi connectivity index (χ0) is 25.6. The summed E-state index contributed by atoms with van der Waals surface area (Å²) in [6.07, 6.45) is -0.315. The summed E-state index contributed by atoms with van der Waals surface area (Å²) < 4.78 is 30.2. The molecule has 2 aromatic carbocycles. The number of hydrogen-bond acceptors (Lipinski definition) is 6. The van der Waals surface area contributed by atoms with E-state index in [0.29, 0.717) is 17.1 Å². The minimum absolute atomic E-state index is 0.0672. The van der Waals surface area contributed by atoms with Crippen molar-refractivity contribution in [2.75, 3.05) is 7.11 Å². The smallest absolute Gasteiger partial charge is 0.338 e. The van der Waals surface area contributed by atoms with Gasteiger partial charge in [-0.2, -0.15) is 0 Å². The molecule has 0 bridgehead atoms. The van der Waals surface area contributed by atoms with Gasteiger partial charge < -0.3 is 23.1 Å². The lowest BCUT2D eigenvalue weighted by Gasteiger charge is -2.42. The molecule has 0 amide bonds. The van der Waals surface area contributed by atoms with Gasteiger partial charge in [-0.25, -0.2) is 4.79 Å². The summed E-state index contributed by atoms with van der Waals surface area (Å²) in [5, 5.41) is -0.0672. The van der Waals surface area contributed by atoms with Crippen molar-refractivity contribution in [3.8, 4) is 11.5 Å². The molecule has 188 valence electrons. The summed E-state index contributed by atoms with van der Waals surface area (Å²) in [7, 11) is -0.680. The van der Waals surface area contributed by atoms with Crippen LogP contribution < -0.4 is 9.47 Å². The lowest BCUT2D eigenvalue weighted by Crippen LogP contribution is -2.50. The Bertz CT molecular complexity index is 1060. The lowest BCUT2D eigenvalue weighted by molar-refractivity contribution is -0.0595. The summed E-state index contributed by atoms with van der Waals surface area (Å²) in [4.78, 5) is 13.1. The van der Waals surface area contributed by atoms with Crippen LogP contribution in [0.3, 0.4) is 0 Å². The first-order valence-corrected chi connectivity index (χ1v) is 14.7. The van der Waals surface area contributed by atoms with E-state index in [9.17, 15) is 4.79 Å². The normalized spacial score (nSPS) is 14.6. The summed E-state index contributed by atoms with van der Waals surface area (Å²) >= 11 is 0. The Labute approximate surface area is 209 Å². The van der Waals surface area contributed by atoms with Crippen LogP contribution in [0, 0.1) is 0 Å². The van der Waals surface area contributed by atoms with Crippen molar-refractivity contribution in [2.24, 2.45) is 0 Å². The van der Waals surface area contributed by atoms with E-state index in [-0.39, 0.29) is 5.04 Å². The Morgan fingerprint density at radius 3 is 2.09 bits per heavy atom. The van der Waals surface area contributed by atoms with Gasteiger partial charge in [-0.1, -0.05) is 39.0 Å². The number of benzene rings is 2. The van der Waals surface area contributed by atoms with Gasteiger partial charge in [-0.3, -0.25) is 0 Å². The third-order valence-corrected chi connectivity index (χ3v) is 10.9. The van der Waals surface area contributed by atoms with Crippen molar-refractivity contribution in [1.29, 1.82) is 0 Å². The van der Waals surface area contributed by atoms with Crippen LogP contribution in [-0.4, -0.2) is 33.6 Å². The Hall–Kier alpha value is -3.03. The second kappa shape index (κ2) is 11.1. The SMILES string of the molecule is COc1ccc(O[C@H](C)[C@@H](O[Si](C)(C)C(C)(C)C)[C@@H](OC(=O)c2ccccc2)c2ccco2)cc1. The van der Waals surface area contributed by atoms with Gasteiger partial charge in [0.05, 0.1) is 18.9 Å². The van der Waals surface area contributed by atoms with Gasteiger partial charge in [-0.15, -0.1) is 0 Å². The summed E-state index contributed by atoms with van der Waals surface area (Å²) in [6, 6.07) is 19.8. The summed E-state index contributed by atoms with van der Waals surface area (Å²) in [5.41, 5.74) is 0.457. The molecule has 3 rings (SSSR count). The Balaban J connectivity index is 1.97. The van der Waals surface area contributed by atoms with Gasteiger partial charge >= 0.3 is 5.97 Å². The minimum atomic E-state index is -2.30. The van der Waals surface area contributed by atoms with Crippen molar-refractivity contribution in [1.82, 2.24) is 0 Å². The van der Waals surface area contributed by atoms with E-state index in [1.165, 1.54) is 0 Å². The fourth-order valence-corrected chi connectivity index (χ4v) is 4.70. The third kappa shape index (κ3) is 6.77. The zero-order valence-electron chi connectivity index (χ0n) is 21.6. The van der Waals surface area contributed by atoms with E-state index in [1.807, 2.05) is 37.3 Å². The molecule has 6 nitrogen and oxygen atoms in total. The fraction of sp³-hybridized carbons (Fsp3) is 0.393. The first kappa shape index (κ1) is 26.6. The van der Waals surface area contributed by atoms with Crippen LogP contribution in [0.4, 0.5) is 0 Å². The Morgan fingerprint density at radius 2 is 1.54 bits per heavy atom. The fourth-order valence-electron chi connectivity index (χ4n) is 3.35. The molecule has 7 heteroatoms. The van der Waals surface area contributed by atoms with Crippen LogP contribution in [0.5, 0.6) is 11.5 Å². The van der Waals surface area contributed by atoms with Crippen LogP contribution in [0.15, 0.2) is 77.4 Å². The molecule has 1 heterocycles. The molecule has 0 aliphatic heterocycles. The monoisotopic (exact) mass is 496 g/mol. The summed E-state index contributed by atoms with van der Waals surface area (Å²) in [5.74, 6) is 1.45. The number of ether oxygens (including phenoxy) is 3. The van der Waals surface area contributed by atoms with Crippen molar-refractivity contribution >= 4 is 14.3 Å². The van der Waals surface area contributed by atoms with E-state index < -0.39 is 32.6 Å². The first-order valence-electron chi connectivity index (χ1n) is 11.8. The molecule has 3 atom stereocenters. The third-order valence-electron chi connectivity index (χ3n) is 6.45. The topological polar surface area (TPSA) is 67.1 Å². The maximum Gasteiger partial charge on any atom is 0.338 e. The van der Waals surface area contributed by atoms with Gasteiger partial charge in [0.1, 0.15) is 29.5 Å². The maximum absolute atomic E-state index is 13.1. The van der Waals surface area contributed by atoms with E-state index in [4.69, 9.17) is 23.1 Å². The first-order chi connectivity index (χ1) is 16.5. The lowest BCUT2D eigenvalue weighted by atomic mass is 10.1. The number of furan rings is 1. The number of carbonyl (C=O) groups excluding carboxylic acids is 1. The molecule has 0 saturated carbocycles. The molecule has 0 saturated heterocycles. The predicted molar refractivity (Wildman–Crippen MR) is 138 cm³/mol. The van der Waals surface area contributed by atoms with Gasteiger partial charge in [0.25, 0.3) is 0 Å². The average Bonchev–Trinajstić information content (AvgIpc) is 3.36. The van der Waals surface area contributed by atoms with Crippen molar-refractivity contribution in [3.05, 3.63) is 84.3 Å². The van der Waals surface area contributed by atoms with E-state index in [2.05, 4.69) is 33.9 Å². The zero-order valence-corrected chi connectivity index (χ0v) is 22.6. The molecule has 35 heavy (non-hydrogen) atoms. The van der Waals surface area contributed by atoms with E-state index in [0.717, 1.165) is 5.75 Å². The van der Waals surface area contributed by atoms with Crippen LogP contribution in [0.25, 0.3) is 0 Å². The molecule has 0 N–H and O–H groups in total. The number of methoxy groups -OCH3 is 1. The molecule has 0 aliphatic rings. The Morgan fingerprint density at radius 1 is 0.914 bits per heavy atom. The predicted octanol–water partition coefficient (Wildman–Crippen LogP) is 7.04. The van der Waals surface area contributed by atoms with Crippen molar-refractivity contribution in [2.45, 2.75) is 64.1 Å². The summed E-state index contributed by atoms with van der Waals surface area (Å²) in [6.45, 7) is 12.8. The van der Waals surface area contributed by atoms with Crippen LogP contribution in [-0.2, 0) is 9.16 Å². The molecule has 3 aromatic rings. The highest BCUT2D eigenvalue weighted by molar-refractivity contribution is 6.74. The van der Waals surface area contributed by atoms with Gasteiger partial charge in [0.2, 0.25) is 0 Å². The van der Waals surface area contributed by atoms with Crippen molar-refractivity contribution in [3.63, 3.8) is 0 Å². The molecule has 0 spiro atoms. The quantitative estimate of drug-likeness (QED) is 0.221. The molecule has 0 aliphatic carbocycles. The highest BCUT2D eigenvalue weighted by atomic mass is 28.4. The van der Waals surface area contributed by atoms with Gasteiger partial charge in [0, 0.05) is 0 Å².